The Morgan fingerprint density at radius 1 is 1.40 bits per heavy atom. The van der Waals surface area contributed by atoms with Gasteiger partial charge in [0.05, 0.1) is 6.07 Å². The van der Waals surface area contributed by atoms with Crippen molar-refractivity contribution in [3.63, 3.8) is 0 Å². The quantitative estimate of drug-likeness (QED) is 0.864. The van der Waals surface area contributed by atoms with Crippen molar-refractivity contribution in [3.8, 4) is 6.07 Å². The molecule has 1 saturated heterocycles. The predicted octanol–water partition coefficient (Wildman–Crippen LogP) is 2.75. The molecule has 2 atom stereocenters. The molecule has 0 radical (unpaired) electrons. The van der Waals surface area contributed by atoms with Gasteiger partial charge in [0.1, 0.15) is 5.54 Å². The van der Waals surface area contributed by atoms with E-state index in [2.05, 4.69) is 23.2 Å². The summed E-state index contributed by atoms with van der Waals surface area (Å²) < 4.78 is 0. The highest BCUT2D eigenvalue weighted by Gasteiger charge is 2.35. The Kier molecular flexibility index (Phi) is 5.17. The molecule has 0 aliphatic carbocycles. The fraction of sp³-hybridized carbons (Fsp3) is 0.588. The van der Waals surface area contributed by atoms with Gasteiger partial charge in [0.25, 0.3) is 0 Å². The maximum Gasteiger partial charge on any atom is 0.144 e. The molecule has 1 heterocycles. The van der Waals surface area contributed by atoms with E-state index in [0.717, 1.165) is 31.1 Å². The SMILES string of the molecule is CCCC1CCN(CC(C#N)(NC)c2ccccc2)C1. The van der Waals surface area contributed by atoms with Gasteiger partial charge < -0.3 is 0 Å². The van der Waals surface area contributed by atoms with Crippen LogP contribution in [0.2, 0.25) is 0 Å². The molecule has 1 aromatic rings. The third-order valence-corrected chi connectivity index (χ3v) is 4.41. The average Bonchev–Trinajstić information content (AvgIpc) is 2.93. The second-order valence-electron chi connectivity index (χ2n) is 5.81. The summed E-state index contributed by atoms with van der Waals surface area (Å²) >= 11 is 0. The van der Waals surface area contributed by atoms with Crippen LogP contribution in [0.4, 0.5) is 0 Å². The highest BCUT2D eigenvalue weighted by molar-refractivity contribution is 5.32. The van der Waals surface area contributed by atoms with E-state index in [1.165, 1.54) is 19.3 Å². The molecule has 0 spiro atoms. The van der Waals surface area contributed by atoms with Gasteiger partial charge in [-0.1, -0.05) is 43.7 Å². The van der Waals surface area contributed by atoms with Crippen LogP contribution < -0.4 is 5.32 Å². The first-order valence-electron chi connectivity index (χ1n) is 7.62. The lowest BCUT2D eigenvalue weighted by Gasteiger charge is -2.31. The molecule has 0 amide bonds. The van der Waals surface area contributed by atoms with Crippen LogP contribution >= 0.6 is 0 Å². The minimum Gasteiger partial charge on any atom is -0.300 e. The van der Waals surface area contributed by atoms with E-state index < -0.39 is 5.54 Å². The van der Waals surface area contributed by atoms with Gasteiger partial charge in [-0.3, -0.25) is 10.2 Å². The Morgan fingerprint density at radius 2 is 2.15 bits per heavy atom. The Balaban J connectivity index is 2.09. The molecule has 1 aromatic carbocycles. The third kappa shape index (κ3) is 3.20. The Hall–Kier alpha value is -1.37. The zero-order valence-corrected chi connectivity index (χ0v) is 12.6. The van der Waals surface area contributed by atoms with Crippen LogP contribution in [0.3, 0.4) is 0 Å². The number of nitrogens with one attached hydrogen (secondary N) is 1. The van der Waals surface area contributed by atoms with Crippen LogP contribution in [-0.2, 0) is 5.54 Å². The molecule has 0 saturated carbocycles. The second-order valence-corrected chi connectivity index (χ2v) is 5.81. The van der Waals surface area contributed by atoms with Crippen molar-refractivity contribution in [2.75, 3.05) is 26.7 Å². The fourth-order valence-electron chi connectivity index (χ4n) is 3.23. The fourth-order valence-corrected chi connectivity index (χ4v) is 3.23. The Bertz CT molecular complexity index is 451. The molecule has 2 unspecified atom stereocenters. The molecule has 0 aromatic heterocycles. The number of nitriles is 1. The lowest BCUT2D eigenvalue weighted by Crippen LogP contribution is -2.48. The van der Waals surface area contributed by atoms with Gasteiger partial charge in [-0.2, -0.15) is 5.26 Å². The number of hydrogen-bond donors (Lipinski definition) is 1. The minimum atomic E-state index is -0.595. The van der Waals surface area contributed by atoms with Gasteiger partial charge in [-0.05, 0) is 37.9 Å². The normalized spacial score (nSPS) is 22.4. The highest BCUT2D eigenvalue weighted by Crippen LogP contribution is 2.26. The van der Waals surface area contributed by atoms with Crippen molar-refractivity contribution < 1.29 is 0 Å². The molecular weight excluding hydrogens is 246 g/mol. The lowest BCUT2D eigenvalue weighted by atomic mass is 9.91. The summed E-state index contributed by atoms with van der Waals surface area (Å²) in [7, 11) is 1.88. The molecule has 108 valence electrons. The van der Waals surface area contributed by atoms with Gasteiger partial charge >= 0.3 is 0 Å². The van der Waals surface area contributed by atoms with E-state index in [1.54, 1.807) is 0 Å². The summed E-state index contributed by atoms with van der Waals surface area (Å²) in [6.45, 7) is 5.26. The van der Waals surface area contributed by atoms with Crippen molar-refractivity contribution >= 4 is 0 Å². The van der Waals surface area contributed by atoms with Crippen LogP contribution in [0.1, 0.15) is 31.7 Å². The number of benzene rings is 1. The Morgan fingerprint density at radius 3 is 2.75 bits per heavy atom. The molecule has 1 aliphatic rings. The molecule has 3 heteroatoms. The number of likely N-dealkylation sites (tertiary alicyclic amines) is 1. The van der Waals surface area contributed by atoms with E-state index in [1.807, 2.05) is 37.4 Å². The number of nitrogens with zero attached hydrogens (tertiary/aromatic N) is 2. The Labute approximate surface area is 122 Å². The molecular formula is C17H25N3. The molecule has 0 bridgehead atoms. The molecule has 3 nitrogen and oxygen atoms in total. The zero-order valence-electron chi connectivity index (χ0n) is 12.6. The van der Waals surface area contributed by atoms with E-state index in [4.69, 9.17) is 0 Å². The predicted molar refractivity (Wildman–Crippen MR) is 82.2 cm³/mol. The summed E-state index contributed by atoms with van der Waals surface area (Å²) in [6.07, 6.45) is 3.83. The zero-order chi connectivity index (χ0) is 14.4. The molecule has 1 N–H and O–H groups in total. The number of likely N-dealkylation sites (N-methyl/N-ethyl adjacent to an activating group) is 1. The summed E-state index contributed by atoms with van der Waals surface area (Å²) in [5.41, 5.74) is 0.464. The molecule has 1 fully saturated rings. The monoisotopic (exact) mass is 271 g/mol. The van der Waals surface area contributed by atoms with Gasteiger partial charge in [0.2, 0.25) is 0 Å². The van der Waals surface area contributed by atoms with E-state index in [9.17, 15) is 5.26 Å². The maximum absolute atomic E-state index is 9.72. The van der Waals surface area contributed by atoms with Crippen LogP contribution in [-0.4, -0.2) is 31.6 Å². The van der Waals surface area contributed by atoms with Gasteiger partial charge in [-0.25, -0.2) is 0 Å². The number of hydrogen-bond acceptors (Lipinski definition) is 3. The highest BCUT2D eigenvalue weighted by atomic mass is 15.2. The first-order chi connectivity index (χ1) is 9.74. The maximum atomic E-state index is 9.72. The summed E-state index contributed by atoms with van der Waals surface area (Å²) in [5.74, 6) is 0.809. The lowest BCUT2D eigenvalue weighted by molar-refractivity contribution is 0.249. The van der Waals surface area contributed by atoms with Crippen LogP contribution in [0.5, 0.6) is 0 Å². The standard InChI is InChI=1S/C17H25N3/c1-3-7-15-10-11-20(12-15)14-17(13-18,19-2)16-8-5-4-6-9-16/h4-6,8-9,15,19H,3,7,10-12,14H2,1-2H3. The van der Waals surface area contributed by atoms with E-state index >= 15 is 0 Å². The molecule has 20 heavy (non-hydrogen) atoms. The summed E-state index contributed by atoms with van der Waals surface area (Å²) in [6, 6.07) is 12.6. The van der Waals surface area contributed by atoms with Crippen molar-refractivity contribution in [2.24, 2.45) is 5.92 Å². The van der Waals surface area contributed by atoms with E-state index in [0.29, 0.717) is 0 Å². The largest absolute Gasteiger partial charge is 0.300 e. The van der Waals surface area contributed by atoms with Crippen LogP contribution in [0.15, 0.2) is 30.3 Å². The van der Waals surface area contributed by atoms with Crippen molar-refractivity contribution in [3.05, 3.63) is 35.9 Å². The summed E-state index contributed by atoms with van der Waals surface area (Å²) in [4.78, 5) is 2.44. The minimum absolute atomic E-state index is 0.595. The van der Waals surface area contributed by atoms with Gasteiger partial charge in [0.15, 0.2) is 0 Å². The van der Waals surface area contributed by atoms with Crippen molar-refractivity contribution in [2.45, 2.75) is 31.7 Å². The molecule has 1 aliphatic heterocycles. The van der Waals surface area contributed by atoms with Crippen molar-refractivity contribution in [1.29, 1.82) is 5.26 Å². The smallest absolute Gasteiger partial charge is 0.144 e. The first kappa shape index (κ1) is 15.0. The molecule has 2 rings (SSSR count). The van der Waals surface area contributed by atoms with Crippen LogP contribution in [0, 0.1) is 17.2 Å². The van der Waals surface area contributed by atoms with Gasteiger partial charge in [-0.15, -0.1) is 0 Å². The van der Waals surface area contributed by atoms with E-state index in [-0.39, 0.29) is 0 Å². The van der Waals surface area contributed by atoms with Crippen molar-refractivity contribution in [1.82, 2.24) is 10.2 Å². The second kappa shape index (κ2) is 6.88. The topological polar surface area (TPSA) is 39.1 Å². The summed E-state index contributed by atoms with van der Waals surface area (Å²) in [5, 5.41) is 13.0. The van der Waals surface area contributed by atoms with Crippen LogP contribution in [0.25, 0.3) is 0 Å². The first-order valence-corrected chi connectivity index (χ1v) is 7.62. The number of rotatable bonds is 6. The third-order valence-electron chi connectivity index (χ3n) is 4.41. The van der Waals surface area contributed by atoms with Gasteiger partial charge in [0, 0.05) is 13.1 Å². The average molecular weight is 271 g/mol.